The third kappa shape index (κ3) is 4.62. The van der Waals surface area contributed by atoms with Crippen LogP contribution in [0.4, 0.5) is 0 Å². The van der Waals surface area contributed by atoms with Gasteiger partial charge >= 0.3 is 0 Å². The summed E-state index contributed by atoms with van der Waals surface area (Å²) in [5.74, 6) is 2.79. The van der Waals surface area contributed by atoms with Gasteiger partial charge in [-0.15, -0.1) is 24.0 Å². The fraction of sp³-hybridized carbons (Fsp3) is 0.500. The molecule has 0 saturated carbocycles. The molecule has 1 atom stereocenters. The van der Waals surface area contributed by atoms with Crippen LogP contribution < -0.4 is 5.32 Å². The van der Waals surface area contributed by atoms with E-state index in [2.05, 4.69) is 34.3 Å². The maximum absolute atomic E-state index is 5.85. The summed E-state index contributed by atoms with van der Waals surface area (Å²) in [6.07, 6.45) is 3.45. The third-order valence-electron chi connectivity index (χ3n) is 4.30. The second kappa shape index (κ2) is 8.57. The number of halogens is 1. The van der Waals surface area contributed by atoms with E-state index < -0.39 is 0 Å². The number of benzene rings is 1. The quantitative estimate of drug-likeness (QED) is 0.459. The molecule has 4 nitrogen and oxygen atoms in total. The number of hydrogen-bond acceptors (Lipinski definition) is 2. The maximum atomic E-state index is 5.85. The Balaban J connectivity index is 0.00000192. The Kier molecular flexibility index (Phi) is 6.74. The molecule has 0 amide bonds. The number of rotatable bonds is 3. The Morgan fingerprint density at radius 1 is 1.39 bits per heavy atom. The van der Waals surface area contributed by atoms with Crippen molar-refractivity contribution in [3.63, 3.8) is 0 Å². The van der Waals surface area contributed by atoms with Gasteiger partial charge in [0.05, 0.1) is 0 Å². The summed E-state index contributed by atoms with van der Waals surface area (Å²) in [6.45, 7) is 5.37. The van der Waals surface area contributed by atoms with Gasteiger partial charge in [0.25, 0.3) is 0 Å². The highest BCUT2D eigenvalue weighted by Gasteiger charge is 2.18. The molecule has 1 saturated heterocycles. The zero-order chi connectivity index (χ0) is 15.4. The van der Waals surface area contributed by atoms with Crippen LogP contribution in [-0.4, -0.2) is 37.5 Å². The molecular weight excluding hydrogens is 401 g/mol. The van der Waals surface area contributed by atoms with E-state index in [4.69, 9.17) is 4.42 Å². The first kappa shape index (κ1) is 18.1. The van der Waals surface area contributed by atoms with Crippen molar-refractivity contribution < 1.29 is 4.42 Å². The average Bonchev–Trinajstić information content (AvgIpc) is 2.94. The molecule has 1 fully saturated rings. The minimum atomic E-state index is 0. The SMILES string of the molecule is CN=C(NCCc1cc2ccccc2o1)N1CCCC(C)C1.I. The zero-order valence-corrected chi connectivity index (χ0v) is 16.2. The van der Waals surface area contributed by atoms with E-state index in [0.717, 1.165) is 49.3 Å². The Bertz CT molecular complexity index is 620. The molecule has 0 bridgehead atoms. The standard InChI is InChI=1S/C18H25N3O.HI/c1-14-6-5-11-21(13-14)18(19-2)20-10-9-16-12-15-7-3-4-8-17(15)22-16;/h3-4,7-8,12,14H,5-6,9-11,13H2,1-2H3,(H,19,20);1H. The lowest BCUT2D eigenvalue weighted by molar-refractivity contribution is 0.266. The summed E-state index contributed by atoms with van der Waals surface area (Å²) < 4.78 is 5.85. The average molecular weight is 427 g/mol. The van der Waals surface area contributed by atoms with Crippen LogP contribution in [0.15, 0.2) is 39.7 Å². The summed E-state index contributed by atoms with van der Waals surface area (Å²) in [5, 5.41) is 4.64. The van der Waals surface area contributed by atoms with Crippen LogP contribution in [0.2, 0.25) is 0 Å². The summed E-state index contributed by atoms with van der Waals surface area (Å²) in [6, 6.07) is 10.3. The van der Waals surface area contributed by atoms with Gasteiger partial charge in [0.2, 0.25) is 0 Å². The number of aliphatic imine (C=N–C) groups is 1. The number of fused-ring (bicyclic) bond motifs is 1. The van der Waals surface area contributed by atoms with E-state index in [9.17, 15) is 0 Å². The molecule has 0 aliphatic carbocycles. The predicted molar refractivity (Wildman–Crippen MR) is 107 cm³/mol. The van der Waals surface area contributed by atoms with Crippen molar-refractivity contribution in [2.75, 3.05) is 26.7 Å². The number of nitrogens with one attached hydrogen (secondary N) is 1. The molecule has 126 valence electrons. The van der Waals surface area contributed by atoms with Crippen molar-refractivity contribution >= 4 is 40.9 Å². The number of nitrogens with zero attached hydrogens (tertiary/aromatic N) is 2. The van der Waals surface area contributed by atoms with Gasteiger partial charge in [-0.05, 0) is 30.9 Å². The third-order valence-corrected chi connectivity index (χ3v) is 4.30. The first-order valence-corrected chi connectivity index (χ1v) is 8.19. The van der Waals surface area contributed by atoms with Gasteiger partial charge in [-0.1, -0.05) is 25.1 Å². The fourth-order valence-corrected chi connectivity index (χ4v) is 3.17. The number of guanidine groups is 1. The van der Waals surface area contributed by atoms with Crippen molar-refractivity contribution in [3.05, 3.63) is 36.1 Å². The molecule has 5 heteroatoms. The largest absolute Gasteiger partial charge is 0.461 e. The summed E-state index contributed by atoms with van der Waals surface area (Å²) in [4.78, 5) is 6.79. The van der Waals surface area contributed by atoms with Crippen molar-refractivity contribution in [2.45, 2.75) is 26.2 Å². The van der Waals surface area contributed by atoms with Crippen LogP contribution in [0.25, 0.3) is 11.0 Å². The van der Waals surface area contributed by atoms with Crippen molar-refractivity contribution in [1.29, 1.82) is 0 Å². The highest BCUT2D eigenvalue weighted by molar-refractivity contribution is 14.0. The Hall–Kier alpha value is -1.24. The molecule has 2 aromatic rings. The number of piperidine rings is 1. The molecule has 1 aliphatic heterocycles. The minimum Gasteiger partial charge on any atom is -0.461 e. The second-order valence-electron chi connectivity index (χ2n) is 6.17. The molecule has 1 aromatic heterocycles. The molecular formula is C18H26IN3O. The monoisotopic (exact) mass is 427 g/mol. The van der Waals surface area contributed by atoms with Crippen molar-refractivity contribution in [2.24, 2.45) is 10.9 Å². The number of likely N-dealkylation sites (tertiary alicyclic amines) is 1. The lowest BCUT2D eigenvalue weighted by Gasteiger charge is -2.33. The van der Waals surface area contributed by atoms with E-state index in [1.54, 1.807) is 0 Å². The molecule has 1 N–H and O–H groups in total. The van der Waals surface area contributed by atoms with Gasteiger partial charge in [0, 0.05) is 38.5 Å². The maximum Gasteiger partial charge on any atom is 0.193 e. The van der Waals surface area contributed by atoms with E-state index in [1.165, 1.54) is 18.2 Å². The Morgan fingerprint density at radius 2 is 2.22 bits per heavy atom. The summed E-state index contributed by atoms with van der Waals surface area (Å²) >= 11 is 0. The first-order chi connectivity index (χ1) is 10.8. The molecule has 0 radical (unpaired) electrons. The van der Waals surface area contributed by atoms with E-state index in [-0.39, 0.29) is 24.0 Å². The van der Waals surface area contributed by atoms with E-state index in [1.807, 2.05) is 25.2 Å². The lowest BCUT2D eigenvalue weighted by atomic mass is 10.0. The van der Waals surface area contributed by atoms with Crippen molar-refractivity contribution in [1.82, 2.24) is 10.2 Å². The molecule has 0 spiro atoms. The van der Waals surface area contributed by atoms with Crippen LogP contribution in [0.5, 0.6) is 0 Å². The minimum absolute atomic E-state index is 0. The smallest absolute Gasteiger partial charge is 0.193 e. The van der Waals surface area contributed by atoms with Crippen LogP contribution in [-0.2, 0) is 6.42 Å². The molecule has 1 unspecified atom stereocenters. The Morgan fingerprint density at radius 3 is 2.96 bits per heavy atom. The van der Waals surface area contributed by atoms with Crippen LogP contribution >= 0.6 is 24.0 Å². The highest BCUT2D eigenvalue weighted by Crippen LogP contribution is 2.19. The van der Waals surface area contributed by atoms with E-state index in [0.29, 0.717) is 0 Å². The van der Waals surface area contributed by atoms with Crippen molar-refractivity contribution in [3.8, 4) is 0 Å². The van der Waals surface area contributed by atoms with Gasteiger partial charge in [0.1, 0.15) is 11.3 Å². The topological polar surface area (TPSA) is 40.8 Å². The highest BCUT2D eigenvalue weighted by atomic mass is 127. The van der Waals surface area contributed by atoms with Crippen LogP contribution in [0.1, 0.15) is 25.5 Å². The van der Waals surface area contributed by atoms with Crippen LogP contribution in [0.3, 0.4) is 0 Å². The molecule has 2 heterocycles. The normalized spacial score (nSPS) is 18.8. The van der Waals surface area contributed by atoms with Gasteiger partial charge in [-0.2, -0.15) is 0 Å². The van der Waals surface area contributed by atoms with Gasteiger partial charge < -0.3 is 14.6 Å². The first-order valence-electron chi connectivity index (χ1n) is 8.19. The van der Waals surface area contributed by atoms with Crippen LogP contribution in [0, 0.1) is 5.92 Å². The molecule has 1 aromatic carbocycles. The molecule has 1 aliphatic rings. The Labute approximate surface area is 155 Å². The van der Waals surface area contributed by atoms with E-state index >= 15 is 0 Å². The summed E-state index contributed by atoms with van der Waals surface area (Å²) in [5.41, 5.74) is 0.965. The molecule has 3 rings (SSSR count). The second-order valence-corrected chi connectivity index (χ2v) is 6.17. The van der Waals surface area contributed by atoms with Gasteiger partial charge in [-0.25, -0.2) is 0 Å². The van der Waals surface area contributed by atoms with Gasteiger partial charge in [0.15, 0.2) is 5.96 Å². The summed E-state index contributed by atoms with van der Waals surface area (Å²) in [7, 11) is 1.86. The van der Waals surface area contributed by atoms with Gasteiger partial charge in [-0.3, -0.25) is 4.99 Å². The number of furan rings is 1. The molecule has 23 heavy (non-hydrogen) atoms. The predicted octanol–water partition coefficient (Wildman–Crippen LogP) is 3.90. The fourth-order valence-electron chi connectivity index (χ4n) is 3.17. The zero-order valence-electron chi connectivity index (χ0n) is 13.9. The lowest BCUT2D eigenvalue weighted by Crippen LogP contribution is -2.46. The number of hydrogen-bond donors (Lipinski definition) is 1. The number of para-hydroxylation sites is 1.